The maximum absolute atomic E-state index is 9.05. The summed E-state index contributed by atoms with van der Waals surface area (Å²) < 4.78 is 5.91. The molecule has 2 atom stereocenters. The van der Waals surface area contributed by atoms with Crippen molar-refractivity contribution in [2.24, 2.45) is 5.92 Å². The number of aromatic nitrogens is 2. The van der Waals surface area contributed by atoms with E-state index < -0.39 is 0 Å². The number of ether oxygens (including phenoxy) is 1. The van der Waals surface area contributed by atoms with E-state index in [1.54, 1.807) is 12.4 Å². The summed E-state index contributed by atoms with van der Waals surface area (Å²) in [6.45, 7) is 5.19. The van der Waals surface area contributed by atoms with E-state index >= 15 is 0 Å². The van der Waals surface area contributed by atoms with Crippen molar-refractivity contribution in [2.45, 2.75) is 51.7 Å². The molecule has 5 heteroatoms. The van der Waals surface area contributed by atoms with Crippen LogP contribution in [0.2, 0.25) is 0 Å². The second-order valence-electron chi connectivity index (χ2n) is 5.22. The Kier molecular flexibility index (Phi) is 5.31. The Labute approximate surface area is 120 Å². The molecule has 0 spiro atoms. The van der Waals surface area contributed by atoms with Gasteiger partial charge in [0.2, 0.25) is 0 Å². The van der Waals surface area contributed by atoms with Gasteiger partial charge < -0.3 is 10.1 Å². The lowest BCUT2D eigenvalue weighted by molar-refractivity contribution is -0.0271. The minimum absolute atomic E-state index is 0.304. The average Bonchev–Trinajstić information content (AvgIpc) is 2.49. The van der Waals surface area contributed by atoms with Crippen molar-refractivity contribution in [2.75, 3.05) is 11.9 Å². The first-order valence-corrected chi connectivity index (χ1v) is 7.37. The molecule has 1 aliphatic heterocycles. The highest BCUT2D eigenvalue weighted by molar-refractivity contribution is 5.47. The van der Waals surface area contributed by atoms with Crippen LogP contribution < -0.4 is 5.32 Å². The van der Waals surface area contributed by atoms with E-state index in [4.69, 9.17) is 10.00 Å². The van der Waals surface area contributed by atoms with Gasteiger partial charge in [0.05, 0.1) is 6.10 Å². The van der Waals surface area contributed by atoms with Crippen LogP contribution in [0.25, 0.3) is 0 Å². The van der Waals surface area contributed by atoms with Crippen molar-refractivity contribution in [3.8, 4) is 6.07 Å². The Morgan fingerprint density at radius 3 is 2.85 bits per heavy atom. The van der Waals surface area contributed by atoms with E-state index in [2.05, 4.69) is 35.2 Å². The number of nitrogens with one attached hydrogen (secondary N) is 1. The van der Waals surface area contributed by atoms with Crippen LogP contribution in [0.1, 0.15) is 45.2 Å². The van der Waals surface area contributed by atoms with Crippen molar-refractivity contribution in [3.63, 3.8) is 0 Å². The van der Waals surface area contributed by atoms with E-state index in [0.717, 1.165) is 32.3 Å². The molecule has 1 N–H and O–H groups in total. The first-order valence-electron chi connectivity index (χ1n) is 7.37. The summed E-state index contributed by atoms with van der Waals surface area (Å²) in [5.74, 6) is 1.20. The minimum Gasteiger partial charge on any atom is -0.378 e. The fraction of sp³-hybridized carbons (Fsp3) is 0.667. The topological polar surface area (TPSA) is 70.8 Å². The molecule has 1 saturated heterocycles. The molecule has 0 amide bonds. The van der Waals surface area contributed by atoms with Gasteiger partial charge in [0.25, 0.3) is 0 Å². The lowest BCUT2D eigenvalue weighted by atomic mass is 9.89. The second-order valence-corrected chi connectivity index (χ2v) is 5.22. The van der Waals surface area contributed by atoms with Gasteiger partial charge in [0.15, 0.2) is 11.5 Å². The first-order chi connectivity index (χ1) is 9.78. The summed E-state index contributed by atoms with van der Waals surface area (Å²) in [4.78, 5) is 8.25. The molecule has 1 aromatic heterocycles. The molecule has 20 heavy (non-hydrogen) atoms. The van der Waals surface area contributed by atoms with Crippen LogP contribution in [0.15, 0.2) is 12.4 Å². The summed E-state index contributed by atoms with van der Waals surface area (Å²) in [7, 11) is 0. The number of rotatable bonds is 5. The Balaban J connectivity index is 2.01. The van der Waals surface area contributed by atoms with E-state index in [1.165, 1.54) is 0 Å². The van der Waals surface area contributed by atoms with Gasteiger partial charge in [-0.15, -0.1) is 0 Å². The molecule has 0 bridgehead atoms. The Hall–Kier alpha value is -1.67. The molecule has 5 nitrogen and oxygen atoms in total. The standard InChI is InChI=1S/C15H22N4O/c1-3-11(4-2)14-9-12(5-8-20-14)19-15-13(10-16)17-6-7-18-15/h6-7,11-12,14H,3-5,8-9H2,1-2H3,(H,18,19). The van der Waals surface area contributed by atoms with Crippen LogP contribution in [0.5, 0.6) is 0 Å². The molecular formula is C15H22N4O. The van der Waals surface area contributed by atoms with Crippen molar-refractivity contribution >= 4 is 5.82 Å². The van der Waals surface area contributed by atoms with E-state index in [-0.39, 0.29) is 0 Å². The zero-order valence-electron chi connectivity index (χ0n) is 12.2. The number of anilines is 1. The lowest BCUT2D eigenvalue weighted by Gasteiger charge is -2.34. The van der Waals surface area contributed by atoms with Crippen LogP contribution in [0.4, 0.5) is 5.82 Å². The molecule has 0 aliphatic carbocycles. The average molecular weight is 274 g/mol. The van der Waals surface area contributed by atoms with Crippen LogP contribution in [-0.2, 0) is 4.74 Å². The Morgan fingerprint density at radius 2 is 2.15 bits per heavy atom. The number of nitriles is 1. The molecule has 1 aromatic rings. The highest BCUT2D eigenvalue weighted by Gasteiger charge is 2.28. The number of hydrogen-bond acceptors (Lipinski definition) is 5. The van der Waals surface area contributed by atoms with Gasteiger partial charge in [-0.2, -0.15) is 5.26 Å². The summed E-state index contributed by atoms with van der Waals surface area (Å²) in [6.07, 6.45) is 7.65. The monoisotopic (exact) mass is 274 g/mol. The lowest BCUT2D eigenvalue weighted by Crippen LogP contribution is -2.38. The summed E-state index contributed by atoms with van der Waals surface area (Å²) >= 11 is 0. The normalized spacial score (nSPS) is 22.5. The molecule has 2 heterocycles. The molecule has 0 aromatic carbocycles. The highest BCUT2D eigenvalue weighted by atomic mass is 16.5. The van der Waals surface area contributed by atoms with Gasteiger partial charge in [-0.05, 0) is 18.8 Å². The summed E-state index contributed by atoms with van der Waals surface area (Å²) in [5, 5.41) is 12.4. The third kappa shape index (κ3) is 3.45. The minimum atomic E-state index is 0.304. The van der Waals surface area contributed by atoms with Gasteiger partial charge in [-0.3, -0.25) is 0 Å². The molecular weight excluding hydrogens is 252 g/mol. The Bertz CT molecular complexity index is 467. The SMILES string of the molecule is CCC(CC)C1CC(Nc2nccnc2C#N)CCO1. The van der Waals surface area contributed by atoms with E-state index in [9.17, 15) is 0 Å². The maximum Gasteiger partial charge on any atom is 0.182 e. The molecule has 108 valence electrons. The van der Waals surface area contributed by atoms with Crippen LogP contribution >= 0.6 is 0 Å². The van der Waals surface area contributed by atoms with E-state index in [0.29, 0.717) is 29.6 Å². The molecule has 0 saturated carbocycles. The van der Waals surface area contributed by atoms with Crippen molar-refractivity contribution in [1.82, 2.24) is 9.97 Å². The molecule has 2 rings (SSSR count). The van der Waals surface area contributed by atoms with Crippen LogP contribution in [0.3, 0.4) is 0 Å². The largest absolute Gasteiger partial charge is 0.378 e. The van der Waals surface area contributed by atoms with Gasteiger partial charge in [-0.25, -0.2) is 9.97 Å². The third-order valence-electron chi connectivity index (χ3n) is 4.03. The van der Waals surface area contributed by atoms with Crippen LogP contribution in [0, 0.1) is 17.2 Å². The number of nitrogens with zero attached hydrogens (tertiary/aromatic N) is 3. The second kappa shape index (κ2) is 7.20. The zero-order chi connectivity index (χ0) is 14.4. The predicted molar refractivity (Wildman–Crippen MR) is 77.2 cm³/mol. The quantitative estimate of drug-likeness (QED) is 0.894. The number of hydrogen-bond donors (Lipinski definition) is 1. The predicted octanol–water partition coefficient (Wildman–Crippen LogP) is 2.74. The molecule has 1 aliphatic rings. The van der Waals surface area contributed by atoms with Crippen molar-refractivity contribution < 1.29 is 4.74 Å². The van der Waals surface area contributed by atoms with Crippen molar-refractivity contribution in [3.05, 3.63) is 18.1 Å². The summed E-state index contributed by atoms with van der Waals surface area (Å²) in [6, 6.07) is 2.38. The Morgan fingerprint density at radius 1 is 1.40 bits per heavy atom. The fourth-order valence-corrected chi connectivity index (χ4v) is 2.82. The molecule has 2 unspecified atom stereocenters. The van der Waals surface area contributed by atoms with Gasteiger partial charge in [0, 0.05) is 25.0 Å². The maximum atomic E-state index is 9.05. The van der Waals surface area contributed by atoms with Gasteiger partial charge in [0.1, 0.15) is 6.07 Å². The molecule has 0 radical (unpaired) electrons. The van der Waals surface area contributed by atoms with Gasteiger partial charge in [-0.1, -0.05) is 26.7 Å². The van der Waals surface area contributed by atoms with Crippen LogP contribution in [-0.4, -0.2) is 28.7 Å². The first kappa shape index (κ1) is 14.7. The highest BCUT2D eigenvalue weighted by Crippen LogP contribution is 2.26. The van der Waals surface area contributed by atoms with Gasteiger partial charge >= 0.3 is 0 Å². The zero-order valence-corrected chi connectivity index (χ0v) is 12.2. The van der Waals surface area contributed by atoms with E-state index in [1.807, 2.05) is 0 Å². The fourth-order valence-electron chi connectivity index (χ4n) is 2.82. The third-order valence-corrected chi connectivity index (χ3v) is 4.03. The smallest absolute Gasteiger partial charge is 0.182 e. The summed E-state index contributed by atoms with van der Waals surface area (Å²) in [5.41, 5.74) is 0.359. The molecule has 1 fully saturated rings. The van der Waals surface area contributed by atoms with Crippen molar-refractivity contribution in [1.29, 1.82) is 5.26 Å².